The molecular formula is C39H49ClF2N4O5S. The van der Waals surface area contributed by atoms with Crippen LogP contribution in [0, 0.1) is 23.7 Å². The summed E-state index contributed by atoms with van der Waals surface area (Å²) < 4.78 is 60.6. The number of rotatable bonds is 3. The van der Waals surface area contributed by atoms with Gasteiger partial charge in [-0.25, -0.2) is 17.8 Å². The number of benzene rings is 2. The minimum absolute atomic E-state index is 0.0574. The van der Waals surface area contributed by atoms with Gasteiger partial charge in [-0.1, -0.05) is 36.7 Å². The first-order valence-electron chi connectivity index (χ1n) is 18.6. The number of urea groups is 1. The van der Waals surface area contributed by atoms with E-state index in [1.807, 2.05) is 19.1 Å². The highest BCUT2D eigenvalue weighted by Crippen LogP contribution is 2.47. The fourth-order valence-corrected chi connectivity index (χ4v) is 11.0. The highest BCUT2D eigenvalue weighted by molar-refractivity contribution is 7.92. The van der Waals surface area contributed by atoms with Gasteiger partial charge in [0.25, 0.3) is 5.91 Å². The van der Waals surface area contributed by atoms with Crippen LogP contribution >= 0.6 is 11.6 Å². The number of hydrogen-bond acceptors (Lipinski definition) is 6. The number of allylic oxidation sites excluding steroid dienone is 1. The summed E-state index contributed by atoms with van der Waals surface area (Å²) >= 11 is 6.45. The summed E-state index contributed by atoms with van der Waals surface area (Å²) in [5.74, 6) is -0.391. The molecule has 0 radical (unpaired) electrons. The van der Waals surface area contributed by atoms with Crippen LogP contribution in [0.25, 0.3) is 0 Å². The Hall–Kier alpha value is -3.22. The van der Waals surface area contributed by atoms with Gasteiger partial charge in [0.1, 0.15) is 15.7 Å². The number of amides is 3. The van der Waals surface area contributed by atoms with Gasteiger partial charge in [-0.15, -0.1) is 4.36 Å². The third kappa shape index (κ3) is 7.71. The Balaban J connectivity index is 1.25. The molecule has 1 unspecified atom stereocenters. The lowest BCUT2D eigenvalue weighted by molar-refractivity contribution is 0.0131. The number of hydrogen-bond donors (Lipinski definition) is 1. The molecular weight excluding hydrogens is 710 g/mol. The molecule has 2 aromatic rings. The molecule has 2 aliphatic carbocycles. The van der Waals surface area contributed by atoms with Gasteiger partial charge >= 0.3 is 6.03 Å². The van der Waals surface area contributed by atoms with Gasteiger partial charge in [-0.3, -0.25) is 9.52 Å². The van der Waals surface area contributed by atoms with E-state index < -0.39 is 34.2 Å². The SMILES string of the molecule is CO[C@H]1/C=C/C[C@H](C)CS(=O)(NC(=O)N2CCC(C(F)F)CC2)=NC(=O)c2ccc3c(c2)N(C[C@@H]2CC[C@H]21)C[C@@]1(CCCc2cc(Cl)ccc21)CO3. The smallest absolute Gasteiger partial charge is 0.329 e. The normalized spacial score (nSPS) is 31.8. The van der Waals surface area contributed by atoms with Crippen LogP contribution in [0.5, 0.6) is 5.75 Å². The Morgan fingerprint density at radius 1 is 1.15 bits per heavy atom. The Bertz CT molecular complexity index is 1830. The third-order valence-electron chi connectivity index (χ3n) is 11.9. The first-order valence-corrected chi connectivity index (χ1v) is 20.7. The molecule has 9 nitrogen and oxygen atoms in total. The van der Waals surface area contributed by atoms with Gasteiger partial charge in [-0.2, -0.15) is 0 Å². The molecule has 2 bridgehead atoms. The molecule has 13 heteroatoms. The van der Waals surface area contributed by atoms with Crippen LogP contribution < -0.4 is 14.4 Å². The molecule has 52 heavy (non-hydrogen) atoms. The van der Waals surface area contributed by atoms with Crippen molar-refractivity contribution in [2.75, 3.05) is 50.5 Å². The van der Waals surface area contributed by atoms with E-state index in [0.29, 0.717) is 37.2 Å². The fraction of sp³-hybridized carbons (Fsp3) is 0.590. The van der Waals surface area contributed by atoms with Gasteiger partial charge in [0, 0.05) is 55.2 Å². The molecule has 1 saturated heterocycles. The number of likely N-dealkylation sites (tertiary alicyclic amines) is 1. The van der Waals surface area contributed by atoms with Crippen molar-refractivity contribution in [3.63, 3.8) is 0 Å². The van der Waals surface area contributed by atoms with Crippen molar-refractivity contribution in [2.45, 2.75) is 76.2 Å². The first-order chi connectivity index (χ1) is 25.0. The lowest BCUT2D eigenvalue weighted by Crippen LogP contribution is -2.49. The van der Waals surface area contributed by atoms with Crippen LogP contribution in [-0.2, 0) is 26.5 Å². The molecule has 5 aliphatic rings. The van der Waals surface area contributed by atoms with E-state index in [1.54, 1.807) is 25.3 Å². The topological polar surface area (TPSA) is 101 Å². The predicted molar refractivity (Wildman–Crippen MR) is 199 cm³/mol. The van der Waals surface area contributed by atoms with Crippen molar-refractivity contribution in [1.82, 2.24) is 9.62 Å². The van der Waals surface area contributed by atoms with Crippen LogP contribution in [0.1, 0.15) is 73.4 Å². The van der Waals surface area contributed by atoms with Crippen molar-refractivity contribution < 1.29 is 32.1 Å². The second kappa shape index (κ2) is 15.3. The summed E-state index contributed by atoms with van der Waals surface area (Å²) in [7, 11) is -1.87. The highest BCUT2D eigenvalue weighted by atomic mass is 35.5. The van der Waals surface area contributed by atoms with Gasteiger partial charge in [0.05, 0.1) is 24.2 Å². The Kier molecular flexibility index (Phi) is 10.9. The Morgan fingerprint density at radius 2 is 1.96 bits per heavy atom. The third-order valence-corrected chi connectivity index (χ3v) is 14.2. The van der Waals surface area contributed by atoms with E-state index in [0.717, 1.165) is 49.4 Å². The van der Waals surface area contributed by atoms with E-state index in [4.69, 9.17) is 21.1 Å². The molecule has 1 spiro atoms. The minimum Gasteiger partial charge on any atom is -0.490 e. The average molecular weight is 759 g/mol. The summed E-state index contributed by atoms with van der Waals surface area (Å²) in [5, 5.41) is 0.722. The van der Waals surface area contributed by atoms with Crippen molar-refractivity contribution >= 4 is 39.1 Å². The number of anilines is 1. The zero-order chi connectivity index (χ0) is 36.6. The molecule has 0 aromatic heterocycles. The van der Waals surface area contributed by atoms with Crippen LogP contribution in [0.3, 0.4) is 0 Å². The number of piperidine rings is 1. The number of halogens is 3. The van der Waals surface area contributed by atoms with E-state index >= 15 is 0 Å². The second-order valence-corrected chi connectivity index (χ2v) is 18.0. The maximum absolute atomic E-state index is 14.5. The summed E-state index contributed by atoms with van der Waals surface area (Å²) in [6.45, 7) is 4.05. The number of aryl methyl sites for hydroxylation is 1. The number of fused-ring (bicyclic) bond motifs is 4. The van der Waals surface area contributed by atoms with Crippen molar-refractivity contribution in [1.29, 1.82) is 0 Å². The van der Waals surface area contributed by atoms with Crippen LogP contribution in [-0.4, -0.2) is 79.2 Å². The highest BCUT2D eigenvalue weighted by Gasteiger charge is 2.44. The summed E-state index contributed by atoms with van der Waals surface area (Å²) in [6, 6.07) is 10.7. The molecule has 3 heterocycles. The zero-order valence-electron chi connectivity index (χ0n) is 29.9. The number of nitrogens with zero attached hydrogens (tertiary/aromatic N) is 3. The molecule has 2 fully saturated rings. The molecule has 2 aromatic carbocycles. The summed E-state index contributed by atoms with van der Waals surface area (Å²) in [4.78, 5) is 31.1. The Morgan fingerprint density at radius 3 is 2.69 bits per heavy atom. The molecule has 3 aliphatic heterocycles. The molecule has 6 atom stereocenters. The lowest BCUT2D eigenvalue weighted by atomic mass is 9.68. The van der Waals surface area contributed by atoms with Crippen LogP contribution in [0.15, 0.2) is 52.9 Å². The largest absolute Gasteiger partial charge is 0.490 e. The molecule has 1 saturated carbocycles. The molecule has 7 rings (SSSR count). The van der Waals surface area contributed by atoms with Crippen molar-refractivity contribution in [3.8, 4) is 5.75 Å². The fourth-order valence-electron chi connectivity index (χ4n) is 8.92. The molecule has 1 N–H and O–H groups in total. The molecule has 3 amide bonds. The van der Waals surface area contributed by atoms with Crippen LogP contribution in [0.2, 0.25) is 5.02 Å². The van der Waals surface area contributed by atoms with E-state index in [2.05, 4.69) is 32.2 Å². The van der Waals surface area contributed by atoms with Crippen LogP contribution in [0.4, 0.5) is 19.3 Å². The Labute approximate surface area is 310 Å². The van der Waals surface area contributed by atoms with Gasteiger partial charge < -0.3 is 19.3 Å². The standard InChI is InChI=1S/C39H49ClF2N4O5S/c1-25-5-3-7-34(50-2)31-11-8-29(31)21-46-23-39(16-4-6-27-19-30(40)10-12-32(27)39)24-51-35-13-9-28(20-33(35)46)37(47)43-52(49,22-25)44-38(48)45-17-14-26(15-18-45)36(41)42/h3,7,9-10,12-13,19-20,25-26,29,31,34,36H,4-6,8,11,14-18,21-24H2,1-2H3,(H,43,44,47,48,49)/b7-3+/t25-,29-,31+,34-,39-,52?/m0/s1. The maximum atomic E-state index is 14.5. The second-order valence-electron chi connectivity index (χ2n) is 15.5. The number of alkyl halides is 2. The van der Waals surface area contributed by atoms with Crippen molar-refractivity contribution in [3.05, 3.63) is 70.3 Å². The number of nitrogens with one attached hydrogen (secondary N) is 1. The lowest BCUT2D eigenvalue weighted by Gasteiger charge is -2.46. The van der Waals surface area contributed by atoms with Gasteiger partial charge in [0.2, 0.25) is 6.43 Å². The maximum Gasteiger partial charge on any atom is 0.329 e. The number of carbonyl (C=O) groups is 2. The predicted octanol–water partition coefficient (Wildman–Crippen LogP) is 7.66. The number of ether oxygens (including phenoxy) is 2. The van der Waals surface area contributed by atoms with E-state index in [-0.39, 0.29) is 54.7 Å². The summed E-state index contributed by atoms with van der Waals surface area (Å²) in [5.41, 5.74) is 3.24. The minimum atomic E-state index is -3.61. The zero-order valence-corrected chi connectivity index (χ0v) is 31.5. The first kappa shape index (κ1) is 37.1. The van der Waals surface area contributed by atoms with Crippen molar-refractivity contribution in [2.24, 2.45) is 28.0 Å². The summed E-state index contributed by atoms with van der Waals surface area (Å²) in [6.07, 6.45) is 7.46. The quantitative estimate of drug-likeness (QED) is 0.323. The number of methoxy groups -OCH3 is 1. The monoisotopic (exact) mass is 758 g/mol. The number of carbonyl (C=O) groups excluding carboxylic acids is 2. The molecule has 282 valence electrons. The van der Waals surface area contributed by atoms with Gasteiger partial charge in [-0.05, 0) is 111 Å². The van der Waals surface area contributed by atoms with E-state index in [1.165, 1.54) is 16.0 Å². The van der Waals surface area contributed by atoms with E-state index in [9.17, 15) is 22.6 Å². The average Bonchev–Trinajstić information content (AvgIpc) is 3.25. The van der Waals surface area contributed by atoms with Gasteiger partial charge in [0.15, 0.2) is 0 Å².